The van der Waals surface area contributed by atoms with Crippen LogP contribution in [0.25, 0.3) is 11.3 Å². The number of aromatic nitrogens is 3. The summed E-state index contributed by atoms with van der Waals surface area (Å²) in [5.74, 6) is 0.574. The molecular formula is C20H15ClN4O2. The van der Waals surface area contributed by atoms with Gasteiger partial charge in [-0.1, -0.05) is 65.3 Å². The van der Waals surface area contributed by atoms with E-state index in [1.807, 2.05) is 54.6 Å². The Kier molecular flexibility index (Phi) is 4.72. The van der Waals surface area contributed by atoms with Crippen molar-refractivity contribution in [2.24, 2.45) is 0 Å². The number of nitrogens with one attached hydrogen (secondary N) is 1. The summed E-state index contributed by atoms with van der Waals surface area (Å²) in [6, 6.07) is 20.3. The molecule has 0 saturated heterocycles. The standard InChI is InChI=1S/C20H15ClN4O2/c21-16-9-5-4-8-15(16)13-25-11-10-19(23-25)22-20(26)17-12-18(27-24-17)14-6-2-1-3-7-14/h1-12H,13H2,(H,22,23,26). The summed E-state index contributed by atoms with van der Waals surface area (Å²) >= 11 is 6.17. The second kappa shape index (κ2) is 7.47. The van der Waals surface area contributed by atoms with Gasteiger partial charge in [-0.25, -0.2) is 0 Å². The second-order valence-electron chi connectivity index (χ2n) is 5.89. The van der Waals surface area contributed by atoms with Crippen LogP contribution in [0, 0.1) is 0 Å². The Morgan fingerprint density at radius 2 is 1.85 bits per heavy atom. The molecule has 1 N–H and O–H groups in total. The molecule has 0 bridgehead atoms. The summed E-state index contributed by atoms with van der Waals surface area (Å²) < 4.78 is 6.96. The highest BCUT2D eigenvalue weighted by molar-refractivity contribution is 6.31. The van der Waals surface area contributed by atoms with E-state index in [-0.39, 0.29) is 11.6 Å². The quantitative estimate of drug-likeness (QED) is 0.555. The Hall–Kier alpha value is -3.38. The molecule has 1 amide bonds. The first kappa shape index (κ1) is 17.1. The molecule has 134 valence electrons. The van der Waals surface area contributed by atoms with Gasteiger partial charge in [-0.15, -0.1) is 0 Å². The summed E-state index contributed by atoms with van der Waals surface area (Å²) in [5, 5.41) is 11.6. The predicted octanol–water partition coefficient (Wildman–Crippen LogP) is 4.49. The van der Waals surface area contributed by atoms with Crippen LogP contribution in [0.2, 0.25) is 5.02 Å². The summed E-state index contributed by atoms with van der Waals surface area (Å²) in [6.07, 6.45) is 1.77. The zero-order chi connectivity index (χ0) is 18.6. The molecule has 2 aromatic heterocycles. The number of benzene rings is 2. The Morgan fingerprint density at radius 1 is 1.07 bits per heavy atom. The number of anilines is 1. The third-order valence-electron chi connectivity index (χ3n) is 3.97. The van der Waals surface area contributed by atoms with Crippen LogP contribution in [-0.2, 0) is 6.54 Å². The van der Waals surface area contributed by atoms with Crippen LogP contribution in [0.5, 0.6) is 0 Å². The molecule has 0 unspecified atom stereocenters. The first-order valence-corrected chi connectivity index (χ1v) is 8.67. The van der Waals surface area contributed by atoms with Gasteiger partial charge in [-0.3, -0.25) is 9.48 Å². The summed E-state index contributed by atoms with van der Waals surface area (Å²) in [6.45, 7) is 0.512. The maximum atomic E-state index is 12.4. The zero-order valence-electron chi connectivity index (χ0n) is 14.2. The number of hydrogen-bond donors (Lipinski definition) is 1. The van der Waals surface area contributed by atoms with Crippen LogP contribution in [-0.4, -0.2) is 20.8 Å². The van der Waals surface area contributed by atoms with Gasteiger partial charge in [0, 0.05) is 28.9 Å². The van der Waals surface area contributed by atoms with Crippen molar-refractivity contribution in [3.05, 3.63) is 89.2 Å². The van der Waals surface area contributed by atoms with Crippen molar-refractivity contribution in [2.75, 3.05) is 5.32 Å². The molecule has 0 aliphatic heterocycles. The van der Waals surface area contributed by atoms with Gasteiger partial charge in [0.1, 0.15) is 0 Å². The highest BCUT2D eigenvalue weighted by Gasteiger charge is 2.15. The molecule has 0 saturated carbocycles. The highest BCUT2D eigenvalue weighted by atomic mass is 35.5. The summed E-state index contributed by atoms with van der Waals surface area (Å²) in [7, 11) is 0. The second-order valence-corrected chi connectivity index (χ2v) is 6.29. The van der Waals surface area contributed by atoms with Gasteiger partial charge in [0.15, 0.2) is 17.3 Å². The predicted molar refractivity (Wildman–Crippen MR) is 103 cm³/mol. The van der Waals surface area contributed by atoms with E-state index in [4.69, 9.17) is 16.1 Å². The minimum Gasteiger partial charge on any atom is -0.355 e. The Balaban J connectivity index is 1.44. The van der Waals surface area contributed by atoms with Gasteiger partial charge >= 0.3 is 0 Å². The topological polar surface area (TPSA) is 73.0 Å². The van der Waals surface area contributed by atoms with Crippen molar-refractivity contribution in [1.82, 2.24) is 14.9 Å². The average Bonchev–Trinajstić information content (AvgIpc) is 3.34. The lowest BCUT2D eigenvalue weighted by Gasteiger charge is -2.04. The van der Waals surface area contributed by atoms with Gasteiger partial charge < -0.3 is 9.84 Å². The van der Waals surface area contributed by atoms with Gasteiger partial charge in [-0.05, 0) is 11.6 Å². The molecule has 0 radical (unpaired) electrons. The Bertz CT molecular complexity index is 1070. The van der Waals surface area contributed by atoms with Crippen molar-refractivity contribution in [1.29, 1.82) is 0 Å². The lowest BCUT2D eigenvalue weighted by Crippen LogP contribution is -2.13. The van der Waals surface area contributed by atoms with Gasteiger partial charge in [0.05, 0.1) is 6.54 Å². The monoisotopic (exact) mass is 378 g/mol. The minimum absolute atomic E-state index is 0.189. The number of carbonyl (C=O) groups excluding carboxylic acids is 1. The maximum Gasteiger partial charge on any atom is 0.279 e. The Labute approximate surface area is 160 Å². The third kappa shape index (κ3) is 3.91. The molecule has 27 heavy (non-hydrogen) atoms. The van der Waals surface area contributed by atoms with Crippen molar-refractivity contribution >= 4 is 23.3 Å². The van der Waals surface area contributed by atoms with E-state index in [2.05, 4.69) is 15.6 Å². The molecule has 2 heterocycles. The summed E-state index contributed by atoms with van der Waals surface area (Å²) in [4.78, 5) is 12.4. The largest absolute Gasteiger partial charge is 0.355 e. The molecule has 0 aliphatic carbocycles. The fraction of sp³-hybridized carbons (Fsp3) is 0.0500. The van der Waals surface area contributed by atoms with Crippen LogP contribution >= 0.6 is 11.6 Å². The number of amides is 1. The normalized spacial score (nSPS) is 10.7. The fourth-order valence-electron chi connectivity index (χ4n) is 2.62. The number of halogens is 1. The molecule has 0 aliphatic rings. The molecule has 0 fully saturated rings. The third-order valence-corrected chi connectivity index (χ3v) is 4.34. The molecule has 2 aromatic carbocycles. The SMILES string of the molecule is O=C(Nc1ccn(Cc2ccccc2Cl)n1)c1cc(-c2ccccc2)on1. The number of nitrogens with zero attached hydrogens (tertiary/aromatic N) is 3. The number of carbonyl (C=O) groups is 1. The van der Waals surface area contributed by atoms with Crippen LogP contribution in [0.1, 0.15) is 16.1 Å². The average molecular weight is 379 g/mol. The van der Waals surface area contributed by atoms with E-state index in [1.54, 1.807) is 23.0 Å². The van der Waals surface area contributed by atoms with E-state index in [9.17, 15) is 4.79 Å². The van der Waals surface area contributed by atoms with E-state index in [1.165, 1.54) is 0 Å². The molecule has 4 aromatic rings. The fourth-order valence-corrected chi connectivity index (χ4v) is 2.81. The summed E-state index contributed by atoms with van der Waals surface area (Å²) in [5.41, 5.74) is 1.99. The van der Waals surface area contributed by atoms with Crippen LogP contribution in [0.3, 0.4) is 0 Å². The Morgan fingerprint density at radius 3 is 2.67 bits per heavy atom. The van der Waals surface area contributed by atoms with E-state index >= 15 is 0 Å². The van der Waals surface area contributed by atoms with Crippen LogP contribution < -0.4 is 5.32 Å². The van der Waals surface area contributed by atoms with Crippen LogP contribution in [0.4, 0.5) is 5.82 Å². The molecular weight excluding hydrogens is 364 g/mol. The maximum absolute atomic E-state index is 12.4. The number of hydrogen-bond acceptors (Lipinski definition) is 4. The van der Waals surface area contributed by atoms with E-state index in [0.717, 1.165) is 11.1 Å². The molecule has 6 nitrogen and oxygen atoms in total. The highest BCUT2D eigenvalue weighted by Crippen LogP contribution is 2.20. The first-order valence-electron chi connectivity index (χ1n) is 8.29. The smallest absolute Gasteiger partial charge is 0.279 e. The lowest BCUT2D eigenvalue weighted by molar-refractivity contribution is 0.101. The first-order chi connectivity index (χ1) is 13.2. The van der Waals surface area contributed by atoms with E-state index < -0.39 is 0 Å². The van der Waals surface area contributed by atoms with Crippen LogP contribution in [0.15, 0.2) is 77.4 Å². The van der Waals surface area contributed by atoms with Crippen molar-refractivity contribution in [3.63, 3.8) is 0 Å². The van der Waals surface area contributed by atoms with Crippen molar-refractivity contribution in [2.45, 2.75) is 6.54 Å². The number of rotatable bonds is 5. The van der Waals surface area contributed by atoms with Crippen molar-refractivity contribution < 1.29 is 9.32 Å². The van der Waals surface area contributed by atoms with Gasteiger partial charge in [0.2, 0.25) is 0 Å². The molecule has 4 rings (SSSR count). The van der Waals surface area contributed by atoms with Gasteiger partial charge in [-0.2, -0.15) is 5.10 Å². The zero-order valence-corrected chi connectivity index (χ0v) is 14.9. The minimum atomic E-state index is -0.385. The van der Waals surface area contributed by atoms with E-state index in [0.29, 0.717) is 23.1 Å². The lowest BCUT2D eigenvalue weighted by atomic mass is 10.1. The van der Waals surface area contributed by atoms with Crippen molar-refractivity contribution in [3.8, 4) is 11.3 Å². The molecule has 7 heteroatoms. The molecule has 0 spiro atoms. The molecule has 0 atom stereocenters. The van der Waals surface area contributed by atoms with Gasteiger partial charge in [0.25, 0.3) is 5.91 Å².